The van der Waals surface area contributed by atoms with Crippen molar-refractivity contribution in [3.63, 3.8) is 0 Å². The Balaban J connectivity index is 1.58. The third-order valence-electron chi connectivity index (χ3n) is 4.65. The average molecular weight is 379 g/mol. The molecule has 1 fully saturated rings. The zero-order valence-electron chi connectivity index (χ0n) is 15.3. The predicted octanol–water partition coefficient (Wildman–Crippen LogP) is 3.92. The summed E-state index contributed by atoms with van der Waals surface area (Å²) < 4.78 is 0. The molecular formula is C21H21N3O4. The monoisotopic (exact) mass is 379 g/mol. The van der Waals surface area contributed by atoms with Crippen LogP contribution in [0.5, 0.6) is 0 Å². The van der Waals surface area contributed by atoms with E-state index >= 15 is 0 Å². The van der Waals surface area contributed by atoms with Crippen LogP contribution in [0.2, 0.25) is 0 Å². The Kier molecular flexibility index (Phi) is 6.16. The minimum Gasteiger partial charge on any atom is -0.349 e. The fourth-order valence-corrected chi connectivity index (χ4v) is 3.19. The summed E-state index contributed by atoms with van der Waals surface area (Å²) in [7, 11) is 0. The molecule has 0 spiro atoms. The van der Waals surface area contributed by atoms with Crippen LogP contribution in [0.1, 0.15) is 41.6 Å². The number of para-hydroxylation sites is 1. The summed E-state index contributed by atoms with van der Waals surface area (Å²) in [6.45, 7) is 0. The molecule has 1 aliphatic rings. The highest BCUT2D eigenvalue weighted by Gasteiger charge is 2.17. The average Bonchev–Trinajstić information content (AvgIpc) is 3.20. The van der Waals surface area contributed by atoms with Crippen LogP contribution in [0.25, 0.3) is 6.08 Å². The SMILES string of the molecule is O=C(/C=C/c1ccccc1[N+](=O)[O-])Nc1ccc(C(=O)NC2CCCC2)cc1. The van der Waals surface area contributed by atoms with Gasteiger partial charge < -0.3 is 10.6 Å². The molecule has 0 saturated heterocycles. The predicted molar refractivity (Wildman–Crippen MR) is 107 cm³/mol. The van der Waals surface area contributed by atoms with Gasteiger partial charge in [-0.1, -0.05) is 25.0 Å². The fraction of sp³-hybridized carbons (Fsp3) is 0.238. The van der Waals surface area contributed by atoms with Gasteiger partial charge in [-0.3, -0.25) is 19.7 Å². The number of hydrogen-bond donors (Lipinski definition) is 2. The lowest BCUT2D eigenvalue weighted by atomic mass is 10.1. The molecule has 2 N–H and O–H groups in total. The van der Waals surface area contributed by atoms with Gasteiger partial charge in [-0.15, -0.1) is 0 Å². The molecule has 0 aromatic heterocycles. The maximum atomic E-state index is 12.2. The van der Waals surface area contributed by atoms with Gasteiger partial charge in [-0.25, -0.2) is 0 Å². The van der Waals surface area contributed by atoms with E-state index in [1.807, 2.05) is 0 Å². The van der Waals surface area contributed by atoms with E-state index in [0.29, 0.717) is 16.8 Å². The van der Waals surface area contributed by atoms with Crippen LogP contribution >= 0.6 is 0 Å². The maximum Gasteiger partial charge on any atom is 0.276 e. The van der Waals surface area contributed by atoms with Crippen LogP contribution in [0.4, 0.5) is 11.4 Å². The van der Waals surface area contributed by atoms with Crippen LogP contribution in [-0.2, 0) is 4.79 Å². The number of amides is 2. The normalized spacial score (nSPS) is 14.1. The molecule has 0 aliphatic heterocycles. The summed E-state index contributed by atoms with van der Waals surface area (Å²) in [5, 5.41) is 16.7. The van der Waals surface area contributed by atoms with Crippen molar-refractivity contribution in [2.75, 3.05) is 5.32 Å². The number of benzene rings is 2. The highest BCUT2D eigenvalue weighted by atomic mass is 16.6. The summed E-state index contributed by atoms with van der Waals surface area (Å²) in [6, 6.07) is 13.1. The maximum absolute atomic E-state index is 12.2. The number of nitrogens with zero attached hydrogens (tertiary/aromatic N) is 1. The molecule has 3 rings (SSSR count). The molecule has 2 amide bonds. The Labute approximate surface area is 162 Å². The van der Waals surface area contributed by atoms with E-state index < -0.39 is 10.8 Å². The van der Waals surface area contributed by atoms with E-state index in [0.717, 1.165) is 25.7 Å². The van der Waals surface area contributed by atoms with E-state index in [4.69, 9.17) is 0 Å². The molecular weight excluding hydrogens is 358 g/mol. The minimum absolute atomic E-state index is 0.0656. The Bertz CT molecular complexity index is 900. The lowest BCUT2D eigenvalue weighted by Gasteiger charge is -2.12. The molecule has 0 heterocycles. The van der Waals surface area contributed by atoms with Gasteiger partial charge in [0.15, 0.2) is 0 Å². The number of carbonyl (C=O) groups excluding carboxylic acids is 2. The third-order valence-corrected chi connectivity index (χ3v) is 4.65. The zero-order valence-corrected chi connectivity index (χ0v) is 15.3. The van der Waals surface area contributed by atoms with Crippen molar-refractivity contribution in [1.82, 2.24) is 5.32 Å². The molecule has 2 aromatic rings. The van der Waals surface area contributed by atoms with E-state index in [9.17, 15) is 19.7 Å². The molecule has 0 unspecified atom stereocenters. The number of nitro benzene ring substituents is 1. The van der Waals surface area contributed by atoms with Gasteiger partial charge in [0, 0.05) is 29.4 Å². The Morgan fingerprint density at radius 2 is 1.71 bits per heavy atom. The first-order chi connectivity index (χ1) is 13.5. The van der Waals surface area contributed by atoms with Crippen LogP contribution in [0, 0.1) is 10.1 Å². The van der Waals surface area contributed by atoms with Gasteiger partial charge in [-0.05, 0) is 49.2 Å². The van der Waals surface area contributed by atoms with E-state index in [1.165, 1.54) is 18.2 Å². The number of carbonyl (C=O) groups is 2. The lowest BCUT2D eigenvalue weighted by Crippen LogP contribution is -2.32. The highest BCUT2D eigenvalue weighted by Crippen LogP contribution is 2.20. The van der Waals surface area contributed by atoms with Crippen molar-refractivity contribution >= 4 is 29.3 Å². The van der Waals surface area contributed by atoms with Gasteiger partial charge >= 0.3 is 0 Å². The van der Waals surface area contributed by atoms with Crippen LogP contribution in [-0.4, -0.2) is 22.8 Å². The quantitative estimate of drug-likeness (QED) is 0.451. The Morgan fingerprint density at radius 1 is 1.04 bits per heavy atom. The molecule has 1 saturated carbocycles. The topological polar surface area (TPSA) is 101 Å². The molecule has 144 valence electrons. The van der Waals surface area contributed by atoms with E-state index in [-0.39, 0.29) is 17.6 Å². The summed E-state index contributed by atoms with van der Waals surface area (Å²) in [5.74, 6) is -0.526. The molecule has 2 aromatic carbocycles. The Hall–Kier alpha value is -3.48. The van der Waals surface area contributed by atoms with Crippen LogP contribution < -0.4 is 10.6 Å². The summed E-state index contributed by atoms with van der Waals surface area (Å²) in [6.07, 6.45) is 6.97. The molecule has 1 aliphatic carbocycles. The van der Waals surface area contributed by atoms with Crippen molar-refractivity contribution in [2.24, 2.45) is 0 Å². The highest BCUT2D eigenvalue weighted by molar-refractivity contribution is 6.02. The van der Waals surface area contributed by atoms with Crippen molar-refractivity contribution in [3.05, 3.63) is 75.8 Å². The van der Waals surface area contributed by atoms with Crippen molar-refractivity contribution in [3.8, 4) is 0 Å². The second kappa shape index (κ2) is 8.94. The van der Waals surface area contributed by atoms with Gasteiger partial charge in [0.2, 0.25) is 5.91 Å². The molecule has 7 nitrogen and oxygen atoms in total. The number of anilines is 1. The third kappa shape index (κ3) is 5.03. The second-order valence-electron chi connectivity index (χ2n) is 6.67. The standard InChI is InChI=1S/C21H21N3O4/c25-20(14-11-15-5-1-4-8-19(15)24(27)28)22-18-12-9-16(10-13-18)21(26)23-17-6-2-3-7-17/h1,4-5,8-14,17H,2-3,6-7H2,(H,22,25)(H,23,26)/b14-11+. The van der Waals surface area contributed by atoms with Crippen LogP contribution in [0.3, 0.4) is 0 Å². The van der Waals surface area contributed by atoms with Crippen molar-refractivity contribution in [2.45, 2.75) is 31.7 Å². The summed E-state index contributed by atoms with van der Waals surface area (Å²) in [5.41, 5.74) is 1.36. The van der Waals surface area contributed by atoms with Crippen LogP contribution in [0.15, 0.2) is 54.6 Å². The first-order valence-electron chi connectivity index (χ1n) is 9.16. The molecule has 0 bridgehead atoms. The van der Waals surface area contributed by atoms with Crippen molar-refractivity contribution in [1.29, 1.82) is 0 Å². The largest absolute Gasteiger partial charge is 0.349 e. The van der Waals surface area contributed by atoms with Crippen molar-refractivity contribution < 1.29 is 14.5 Å². The van der Waals surface area contributed by atoms with E-state index in [1.54, 1.807) is 42.5 Å². The molecule has 7 heteroatoms. The minimum atomic E-state index is -0.493. The summed E-state index contributed by atoms with van der Waals surface area (Å²) >= 11 is 0. The zero-order chi connectivity index (χ0) is 19.9. The lowest BCUT2D eigenvalue weighted by molar-refractivity contribution is -0.385. The molecule has 0 atom stereocenters. The molecule has 0 radical (unpaired) electrons. The number of rotatable bonds is 6. The smallest absolute Gasteiger partial charge is 0.276 e. The first-order valence-corrected chi connectivity index (χ1v) is 9.16. The van der Waals surface area contributed by atoms with Gasteiger partial charge in [0.25, 0.3) is 11.6 Å². The second-order valence-corrected chi connectivity index (χ2v) is 6.67. The van der Waals surface area contributed by atoms with Gasteiger partial charge in [0.05, 0.1) is 10.5 Å². The molecule has 28 heavy (non-hydrogen) atoms. The number of nitrogens with one attached hydrogen (secondary N) is 2. The fourth-order valence-electron chi connectivity index (χ4n) is 3.19. The first kappa shape index (κ1) is 19.3. The number of nitro groups is 1. The Morgan fingerprint density at radius 3 is 2.39 bits per heavy atom. The van der Waals surface area contributed by atoms with Gasteiger partial charge in [-0.2, -0.15) is 0 Å². The number of hydrogen-bond acceptors (Lipinski definition) is 4. The van der Waals surface area contributed by atoms with Gasteiger partial charge in [0.1, 0.15) is 0 Å². The van der Waals surface area contributed by atoms with E-state index in [2.05, 4.69) is 10.6 Å². The summed E-state index contributed by atoms with van der Waals surface area (Å²) in [4.78, 5) is 34.8.